The van der Waals surface area contributed by atoms with E-state index in [0.29, 0.717) is 12.2 Å². The first-order valence-corrected chi connectivity index (χ1v) is 5.55. The summed E-state index contributed by atoms with van der Waals surface area (Å²) in [6, 6.07) is 2.26. The summed E-state index contributed by atoms with van der Waals surface area (Å²) in [5.74, 6) is 6.87. The third-order valence-corrected chi connectivity index (χ3v) is 2.79. The maximum atomic E-state index is 8.72. The molecule has 0 spiro atoms. The number of nitrogen functional groups attached to an aromatic ring is 1. The topological polar surface area (TPSA) is 90.9 Å². The van der Waals surface area contributed by atoms with Gasteiger partial charge in [0, 0.05) is 18.7 Å². The van der Waals surface area contributed by atoms with Gasteiger partial charge in [0.25, 0.3) is 0 Å². The molecule has 1 rings (SSSR count). The van der Waals surface area contributed by atoms with Gasteiger partial charge in [-0.2, -0.15) is 5.26 Å². The van der Waals surface area contributed by atoms with Crippen LogP contribution in [0.4, 0.5) is 11.6 Å². The summed E-state index contributed by atoms with van der Waals surface area (Å²) in [6.07, 6.45) is 2.70. The highest BCUT2D eigenvalue weighted by atomic mass is 15.3. The van der Waals surface area contributed by atoms with E-state index < -0.39 is 0 Å². The number of aromatic nitrogens is 2. The van der Waals surface area contributed by atoms with Gasteiger partial charge < -0.3 is 10.3 Å². The summed E-state index contributed by atoms with van der Waals surface area (Å²) in [5.41, 5.74) is 3.53. The molecule has 3 N–H and O–H groups in total. The first-order chi connectivity index (χ1) is 8.15. The molecule has 6 nitrogen and oxygen atoms in total. The van der Waals surface area contributed by atoms with Crippen molar-refractivity contribution in [1.82, 2.24) is 9.97 Å². The lowest BCUT2D eigenvalue weighted by Crippen LogP contribution is -2.30. The van der Waals surface area contributed by atoms with Crippen molar-refractivity contribution < 1.29 is 0 Å². The molecule has 1 unspecified atom stereocenters. The van der Waals surface area contributed by atoms with Crippen molar-refractivity contribution >= 4 is 11.6 Å². The Balaban J connectivity index is 3.09. The molecule has 0 aliphatic heterocycles. The molecule has 17 heavy (non-hydrogen) atoms. The lowest BCUT2D eigenvalue weighted by atomic mass is 10.1. The zero-order chi connectivity index (χ0) is 12.8. The summed E-state index contributed by atoms with van der Waals surface area (Å²) in [5, 5.41) is 8.72. The molecule has 6 heteroatoms. The second kappa shape index (κ2) is 6.01. The third kappa shape index (κ3) is 2.82. The second-order valence-corrected chi connectivity index (χ2v) is 3.84. The minimum atomic E-state index is 0.103. The minimum absolute atomic E-state index is 0.103. The van der Waals surface area contributed by atoms with Crippen LogP contribution in [0.2, 0.25) is 0 Å². The van der Waals surface area contributed by atoms with Gasteiger partial charge in [-0.05, 0) is 13.3 Å². The van der Waals surface area contributed by atoms with E-state index in [4.69, 9.17) is 11.1 Å². The normalized spacial score (nSPS) is 11.7. The molecule has 0 aliphatic rings. The third-order valence-electron chi connectivity index (χ3n) is 2.79. The van der Waals surface area contributed by atoms with E-state index in [1.54, 1.807) is 0 Å². The summed E-state index contributed by atoms with van der Waals surface area (Å²) < 4.78 is 0. The average Bonchev–Trinajstić information content (AvgIpc) is 2.36. The minimum Gasteiger partial charge on any atom is -0.356 e. The molecule has 1 aromatic rings. The molecule has 1 aromatic heterocycles. The molecule has 0 amide bonds. The molecule has 0 saturated heterocycles. The highest BCUT2D eigenvalue weighted by molar-refractivity contribution is 5.58. The highest BCUT2D eigenvalue weighted by Gasteiger charge is 2.16. The van der Waals surface area contributed by atoms with E-state index in [-0.39, 0.29) is 6.04 Å². The van der Waals surface area contributed by atoms with Gasteiger partial charge in [-0.1, -0.05) is 6.92 Å². The molecular weight excluding hydrogens is 216 g/mol. The number of nitriles is 1. The fraction of sp³-hybridized carbons (Fsp3) is 0.545. The lowest BCUT2D eigenvalue weighted by molar-refractivity contribution is 0.688. The zero-order valence-electron chi connectivity index (χ0n) is 10.4. The Morgan fingerprint density at radius 2 is 2.29 bits per heavy atom. The van der Waals surface area contributed by atoms with Crippen LogP contribution in [0.3, 0.4) is 0 Å². The van der Waals surface area contributed by atoms with Crippen LogP contribution in [-0.2, 0) is 6.42 Å². The standard InChI is InChI=1S/C11H18N6/c1-4-9-10(16-13)14-7-15-11(9)17(3)8(2)5-6-12/h7-8H,4-5,13H2,1-3H3,(H,14,15,16). The van der Waals surface area contributed by atoms with Crippen molar-refractivity contribution in [2.45, 2.75) is 32.7 Å². The van der Waals surface area contributed by atoms with Gasteiger partial charge in [0.1, 0.15) is 18.0 Å². The number of hydrogen-bond acceptors (Lipinski definition) is 6. The summed E-state index contributed by atoms with van der Waals surface area (Å²) >= 11 is 0. The largest absolute Gasteiger partial charge is 0.356 e. The number of nitrogens with one attached hydrogen (secondary N) is 1. The van der Waals surface area contributed by atoms with Crippen LogP contribution < -0.4 is 16.2 Å². The molecule has 1 atom stereocenters. The Hall–Kier alpha value is -1.87. The molecular formula is C11H18N6. The average molecular weight is 234 g/mol. The monoisotopic (exact) mass is 234 g/mol. The van der Waals surface area contributed by atoms with Gasteiger partial charge in [0.2, 0.25) is 0 Å². The van der Waals surface area contributed by atoms with Crippen LogP contribution in [-0.4, -0.2) is 23.1 Å². The number of hydrazine groups is 1. The maximum absolute atomic E-state index is 8.72. The van der Waals surface area contributed by atoms with Gasteiger partial charge >= 0.3 is 0 Å². The molecule has 0 radical (unpaired) electrons. The summed E-state index contributed by atoms with van der Waals surface area (Å²) in [7, 11) is 1.92. The number of rotatable bonds is 5. The first kappa shape index (κ1) is 13.2. The summed E-state index contributed by atoms with van der Waals surface area (Å²) in [6.45, 7) is 4.01. The van der Waals surface area contributed by atoms with Crippen molar-refractivity contribution in [3.8, 4) is 6.07 Å². The van der Waals surface area contributed by atoms with Crippen LogP contribution in [0.15, 0.2) is 6.33 Å². The Bertz CT molecular complexity index is 411. The Kier molecular flexibility index (Phi) is 4.67. The SMILES string of the molecule is CCc1c(NN)ncnc1N(C)C(C)CC#N. The van der Waals surface area contributed by atoms with Crippen molar-refractivity contribution in [3.05, 3.63) is 11.9 Å². The molecule has 1 heterocycles. The Labute approximate surface area is 101 Å². The van der Waals surface area contributed by atoms with Gasteiger partial charge in [-0.3, -0.25) is 0 Å². The van der Waals surface area contributed by atoms with Gasteiger partial charge in [-0.15, -0.1) is 0 Å². The zero-order valence-corrected chi connectivity index (χ0v) is 10.4. The summed E-state index contributed by atoms with van der Waals surface area (Å²) in [4.78, 5) is 10.3. The number of nitrogens with two attached hydrogens (primary N) is 1. The first-order valence-electron chi connectivity index (χ1n) is 5.55. The van der Waals surface area contributed by atoms with Gasteiger partial charge in [-0.25, -0.2) is 15.8 Å². The van der Waals surface area contributed by atoms with E-state index in [1.165, 1.54) is 6.33 Å². The van der Waals surface area contributed by atoms with Crippen molar-refractivity contribution in [1.29, 1.82) is 5.26 Å². The van der Waals surface area contributed by atoms with E-state index in [2.05, 4.69) is 21.5 Å². The second-order valence-electron chi connectivity index (χ2n) is 3.84. The fourth-order valence-electron chi connectivity index (χ4n) is 1.63. The number of hydrogen-bond donors (Lipinski definition) is 2. The Morgan fingerprint density at radius 3 is 2.82 bits per heavy atom. The molecule has 0 bridgehead atoms. The van der Waals surface area contributed by atoms with Gasteiger partial charge in [0.15, 0.2) is 0 Å². The molecule has 92 valence electrons. The van der Waals surface area contributed by atoms with Crippen LogP contribution >= 0.6 is 0 Å². The van der Waals surface area contributed by atoms with Crippen LogP contribution in [0.25, 0.3) is 0 Å². The van der Waals surface area contributed by atoms with Crippen molar-refractivity contribution in [2.75, 3.05) is 17.4 Å². The smallest absolute Gasteiger partial charge is 0.148 e. The van der Waals surface area contributed by atoms with Crippen molar-refractivity contribution in [2.24, 2.45) is 5.84 Å². The van der Waals surface area contributed by atoms with E-state index in [1.807, 2.05) is 25.8 Å². The van der Waals surface area contributed by atoms with Crippen LogP contribution in [0.1, 0.15) is 25.8 Å². The van der Waals surface area contributed by atoms with E-state index in [9.17, 15) is 0 Å². The van der Waals surface area contributed by atoms with E-state index >= 15 is 0 Å². The fourth-order valence-corrected chi connectivity index (χ4v) is 1.63. The molecule has 0 aliphatic carbocycles. The van der Waals surface area contributed by atoms with Crippen LogP contribution in [0, 0.1) is 11.3 Å². The van der Waals surface area contributed by atoms with Gasteiger partial charge in [0.05, 0.1) is 12.5 Å². The Morgan fingerprint density at radius 1 is 1.59 bits per heavy atom. The highest BCUT2D eigenvalue weighted by Crippen LogP contribution is 2.24. The molecule has 0 saturated carbocycles. The number of anilines is 2. The number of nitrogens with zero attached hydrogens (tertiary/aromatic N) is 4. The predicted octanol–water partition coefficient (Wildman–Crippen LogP) is 1.06. The van der Waals surface area contributed by atoms with Crippen LogP contribution in [0.5, 0.6) is 0 Å². The molecule has 0 aromatic carbocycles. The van der Waals surface area contributed by atoms with E-state index in [0.717, 1.165) is 17.8 Å². The molecule has 0 fully saturated rings. The maximum Gasteiger partial charge on any atom is 0.148 e. The predicted molar refractivity (Wildman–Crippen MR) is 67.3 cm³/mol. The van der Waals surface area contributed by atoms with Crippen molar-refractivity contribution in [3.63, 3.8) is 0 Å². The quantitative estimate of drug-likeness (QED) is 0.585. The lowest BCUT2D eigenvalue weighted by Gasteiger charge is -2.26.